The summed E-state index contributed by atoms with van der Waals surface area (Å²) in [4.78, 5) is 2.74. The van der Waals surface area contributed by atoms with Crippen molar-refractivity contribution < 1.29 is 13.2 Å². The van der Waals surface area contributed by atoms with Gasteiger partial charge in [0.2, 0.25) is 10.0 Å². The zero-order valence-corrected chi connectivity index (χ0v) is 14.5. The average Bonchev–Trinajstić information content (AvgIpc) is 2.96. The van der Waals surface area contributed by atoms with Crippen molar-refractivity contribution in [2.45, 2.75) is 56.0 Å². The lowest BCUT2D eigenvalue weighted by molar-refractivity contribution is 0.186. The first-order valence-electron chi connectivity index (χ1n) is 8.59. The predicted molar refractivity (Wildman–Crippen MR) is 90.2 cm³/mol. The van der Waals surface area contributed by atoms with Crippen LogP contribution in [0.3, 0.4) is 0 Å². The Morgan fingerprint density at radius 1 is 1.17 bits per heavy atom. The van der Waals surface area contributed by atoms with E-state index in [0.717, 1.165) is 32.4 Å². The topological polar surface area (TPSA) is 58.6 Å². The van der Waals surface area contributed by atoms with E-state index in [2.05, 4.69) is 9.62 Å². The minimum absolute atomic E-state index is 0.0383. The van der Waals surface area contributed by atoms with Gasteiger partial charge in [-0.3, -0.25) is 4.90 Å². The number of fused-ring (bicyclic) bond motifs is 1. The highest BCUT2D eigenvalue weighted by Crippen LogP contribution is 2.28. The van der Waals surface area contributed by atoms with Gasteiger partial charge >= 0.3 is 0 Å². The van der Waals surface area contributed by atoms with Crippen LogP contribution in [-0.2, 0) is 10.0 Å². The van der Waals surface area contributed by atoms with Crippen LogP contribution in [0.5, 0.6) is 5.75 Å². The van der Waals surface area contributed by atoms with Crippen molar-refractivity contribution in [3.05, 3.63) is 24.3 Å². The Morgan fingerprint density at radius 2 is 1.96 bits per heavy atom. The molecule has 0 aliphatic carbocycles. The normalized spacial score (nSPS) is 25.3. The Labute approximate surface area is 139 Å². The van der Waals surface area contributed by atoms with E-state index in [1.165, 1.54) is 12.8 Å². The summed E-state index contributed by atoms with van der Waals surface area (Å²) in [6.07, 6.45) is 5.36. The van der Waals surface area contributed by atoms with Crippen molar-refractivity contribution >= 4 is 10.0 Å². The molecule has 2 atom stereocenters. The standard InChI is InChI=1S/C17H26N2O3S/c1-2-13-22-14-6-8-15(9-7-14)23(20,21)18-16-10-12-19-11-4-3-5-17(16)19/h6-9,16-18H,2-5,10-13H2,1H3. The number of nitrogens with zero attached hydrogens (tertiary/aromatic N) is 1. The van der Waals surface area contributed by atoms with Gasteiger partial charge in [-0.1, -0.05) is 13.3 Å². The average molecular weight is 338 g/mol. The van der Waals surface area contributed by atoms with Crippen LogP contribution in [0.25, 0.3) is 0 Å². The van der Waals surface area contributed by atoms with E-state index in [4.69, 9.17) is 4.74 Å². The quantitative estimate of drug-likeness (QED) is 0.865. The van der Waals surface area contributed by atoms with Gasteiger partial charge in [0.25, 0.3) is 0 Å². The van der Waals surface area contributed by atoms with Crippen LogP contribution in [0.2, 0.25) is 0 Å². The highest BCUT2D eigenvalue weighted by Gasteiger charge is 2.37. The molecule has 1 aromatic rings. The van der Waals surface area contributed by atoms with Gasteiger partial charge in [0, 0.05) is 18.6 Å². The monoisotopic (exact) mass is 338 g/mol. The molecule has 2 fully saturated rings. The lowest BCUT2D eigenvalue weighted by atomic mass is 10.00. The molecular formula is C17H26N2O3S. The summed E-state index contributed by atoms with van der Waals surface area (Å²) < 4.78 is 33.7. The number of sulfonamides is 1. The van der Waals surface area contributed by atoms with E-state index in [9.17, 15) is 8.42 Å². The Bertz CT molecular complexity index is 615. The minimum atomic E-state index is -3.46. The Kier molecular flexibility index (Phi) is 5.24. The Balaban J connectivity index is 1.66. The maximum Gasteiger partial charge on any atom is 0.240 e. The summed E-state index contributed by atoms with van der Waals surface area (Å²) in [6, 6.07) is 7.11. The van der Waals surface area contributed by atoms with Gasteiger partial charge in [0.1, 0.15) is 5.75 Å². The molecule has 0 amide bonds. The van der Waals surface area contributed by atoms with E-state index >= 15 is 0 Å². The Hall–Kier alpha value is -1.11. The smallest absolute Gasteiger partial charge is 0.240 e. The molecule has 3 rings (SSSR count). The van der Waals surface area contributed by atoms with Crippen molar-refractivity contribution in [3.8, 4) is 5.75 Å². The van der Waals surface area contributed by atoms with Crippen molar-refractivity contribution in [2.75, 3.05) is 19.7 Å². The maximum atomic E-state index is 12.6. The zero-order valence-electron chi connectivity index (χ0n) is 13.7. The van der Waals surface area contributed by atoms with Gasteiger partial charge in [-0.25, -0.2) is 13.1 Å². The Morgan fingerprint density at radius 3 is 2.70 bits per heavy atom. The summed E-state index contributed by atoms with van der Waals surface area (Å²) in [5.74, 6) is 0.713. The molecule has 2 saturated heterocycles. The highest BCUT2D eigenvalue weighted by atomic mass is 32.2. The number of rotatable bonds is 6. The second-order valence-electron chi connectivity index (χ2n) is 6.44. The van der Waals surface area contributed by atoms with E-state index < -0.39 is 10.0 Å². The highest BCUT2D eigenvalue weighted by molar-refractivity contribution is 7.89. The number of nitrogens with one attached hydrogen (secondary N) is 1. The zero-order chi connectivity index (χ0) is 16.3. The predicted octanol–water partition coefficient (Wildman–Crippen LogP) is 2.38. The van der Waals surface area contributed by atoms with Gasteiger partial charge in [0.15, 0.2) is 0 Å². The summed E-state index contributed by atoms with van der Waals surface area (Å²) in [7, 11) is -3.46. The first kappa shape index (κ1) is 16.7. The molecule has 0 radical (unpaired) electrons. The third-order valence-electron chi connectivity index (χ3n) is 4.77. The third kappa shape index (κ3) is 3.87. The number of hydrogen-bond acceptors (Lipinski definition) is 4. The first-order valence-corrected chi connectivity index (χ1v) is 10.1. The molecular weight excluding hydrogens is 312 g/mol. The van der Waals surface area contributed by atoms with Gasteiger partial charge < -0.3 is 4.74 Å². The molecule has 1 N–H and O–H groups in total. The molecule has 0 saturated carbocycles. The van der Waals surface area contributed by atoms with Crippen LogP contribution in [0.4, 0.5) is 0 Å². The van der Waals surface area contributed by atoms with Gasteiger partial charge in [-0.15, -0.1) is 0 Å². The molecule has 6 heteroatoms. The lowest BCUT2D eigenvalue weighted by Crippen LogP contribution is -2.46. The maximum absolute atomic E-state index is 12.6. The van der Waals surface area contributed by atoms with Crippen molar-refractivity contribution in [3.63, 3.8) is 0 Å². The van der Waals surface area contributed by atoms with Crippen LogP contribution in [-0.4, -0.2) is 45.1 Å². The summed E-state index contributed by atoms with van der Waals surface area (Å²) in [6.45, 7) is 4.79. The fourth-order valence-corrected chi connectivity index (χ4v) is 4.89. The van der Waals surface area contributed by atoms with E-state index in [1.807, 2.05) is 6.92 Å². The van der Waals surface area contributed by atoms with E-state index in [-0.39, 0.29) is 6.04 Å². The molecule has 2 heterocycles. The first-order chi connectivity index (χ1) is 11.1. The SMILES string of the molecule is CCCOc1ccc(S(=O)(=O)NC2CCN3CCCCC23)cc1. The molecule has 0 aromatic heterocycles. The molecule has 2 aliphatic heterocycles. The second-order valence-corrected chi connectivity index (χ2v) is 8.15. The molecule has 2 aliphatic rings. The summed E-state index contributed by atoms with van der Waals surface area (Å²) >= 11 is 0. The largest absolute Gasteiger partial charge is 0.494 e. The molecule has 1 aromatic carbocycles. The fraction of sp³-hybridized carbons (Fsp3) is 0.647. The van der Waals surface area contributed by atoms with Crippen molar-refractivity contribution in [2.24, 2.45) is 0 Å². The van der Waals surface area contributed by atoms with Gasteiger partial charge in [-0.05, 0) is 56.5 Å². The van der Waals surface area contributed by atoms with Gasteiger partial charge in [-0.2, -0.15) is 0 Å². The number of hydrogen-bond donors (Lipinski definition) is 1. The molecule has 0 bridgehead atoms. The molecule has 0 spiro atoms. The van der Waals surface area contributed by atoms with Crippen LogP contribution >= 0.6 is 0 Å². The molecule has 23 heavy (non-hydrogen) atoms. The van der Waals surface area contributed by atoms with Crippen LogP contribution in [0.15, 0.2) is 29.2 Å². The lowest BCUT2D eigenvalue weighted by Gasteiger charge is -2.32. The molecule has 128 valence electrons. The van der Waals surface area contributed by atoms with Crippen LogP contribution < -0.4 is 9.46 Å². The molecule has 5 nitrogen and oxygen atoms in total. The molecule has 2 unspecified atom stereocenters. The van der Waals surface area contributed by atoms with Gasteiger partial charge in [0.05, 0.1) is 11.5 Å². The fourth-order valence-electron chi connectivity index (χ4n) is 3.59. The summed E-state index contributed by atoms with van der Waals surface area (Å²) in [5, 5.41) is 0. The minimum Gasteiger partial charge on any atom is -0.494 e. The van der Waals surface area contributed by atoms with Crippen molar-refractivity contribution in [1.82, 2.24) is 9.62 Å². The van der Waals surface area contributed by atoms with Crippen LogP contribution in [0, 0.1) is 0 Å². The summed E-state index contributed by atoms with van der Waals surface area (Å²) in [5.41, 5.74) is 0. The van der Waals surface area contributed by atoms with E-state index in [0.29, 0.717) is 23.3 Å². The number of piperidine rings is 1. The number of benzene rings is 1. The van der Waals surface area contributed by atoms with Crippen molar-refractivity contribution in [1.29, 1.82) is 0 Å². The van der Waals surface area contributed by atoms with E-state index in [1.54, 1.807) is 24.3 Å². The number of ether oxygens (including phenoxy) is 1. The van der Waals surface area contributed by atoms with Crippen LogP contribution in [0.1, 0.15) is 39.0 Å². The third-order valence-corrected chi connectivity index (χ3v) is 6.28. The second kappa shape index (κ2) is 7.20.